The van der Waals surface area contributed by atoms with Gasteiger partial charge in [0, 0.05) is 12.6 Å². The van der Waals surface area contributed by atoms with Crippen molar-refractivity contribution in [2.24, 2.45) is 11.8 Å². The first-order chi connectivity index (χ1) is 9.50. The van der Waals surface area contributed by atoms with Gasteiger partial charge in [0.05, 0.1) is 0 Å². The maximum Gasteiger partial charge on any atom is 0.315 e. The van der Waals surface area contributed by atoms with Crippen molar-refractivity contribution in [1.29, 1.82) is 0 Å². The molecule has 4 heteroatoms. The summed E-state index contributed by atoms with van der Waals surface area (Å²) in [6, 6.07) is 9.82. The summed E-state index contributed by atoms with van der Waals surface area (Å²) in [6.07, 6.45) is 2.25. The molecule has 1 aliphatic carbocycles. The van der Waals surface area contributed by atoms with Crippen molar-refractivity contribution in [3.63, 3.8) is 0 Å². The number of nitrogens with zero attached hydrogens (tertiary/aromatic N) is 1. The molecule has 1 saturated carbocycles. The van der Waals surface area contributed by atoms with Crippen LogP contribution in [-0.4, -0.2) is 27.9 Å². The number of carbonyl (C=O) groups is 2. The van der Waals surface area contributed by atoms with Gasteiger partial charge in [0.25, 0.3) is 0 Å². The molecule has 0 aromatic heterocycles. The third-order valence-corrected chi connectivity index (χ3v) is 4.02. The van der Waals surface area contributed by atoms with Gasteiger partial charge in [0.15, 0.2) is 0 Å². The SMILES string of the molecule is CC(C(=O)O)C(=O)N(Cc1ccccc1)C(C)C1CC1. The fraction of sp³-hybridized carbons (Fsp3) is 0.500. The normalized spacial score (nSPS) is 17.3. The van der Waals surface area contributed by atoms with Gasteiger partial charge >= 0.3 is 5.97 Å². The first kappa shape index (κ1) is 14.6. The summed E-state index contributed by atoms with van der Waals surface area (Å²) in [5, 5.41) is 9.06. The predicted molar refractivity (Wildman–Crippen MR) is 76.0 cm³/mol. The number of rotatable bonds is 6. The average molecular weight is 275 g/mol. The molecule has 4 nitrogen and oxygen atoms in total. The Balaban J connectivity index is 2.16. The van der Waals surface area contributed by atoms with E-state index < -0.39 is 11.9 Å². The van der Waals surface area contributed by atoms with Crippen LogP contribution in [0.25, 0.3) is 0 Å². The molecule has 1 aliphatic rings. The zero-order valence-corrected chi connectivity index (χ0v) is 12.0. The van der Waals surface area contributed by atoms with Crippen molar-refractivity contribution >= 4 is 11.9 Å². The van der Waals surface area contributed by atoms with Gasteiger partial charge in [-0.25, -0.2) is 0 Å². The van der Waals surface area contributed by atoms with Crippen LogP contribution in [0.5, 0.6) is 0 Å². The molecule has 2 rings (SSSR count). The molecule has 1 N–H and O–H groups in total. The maximum absolute atomic E-state index is 12.4. The summed E-state index contributed by atoms with van der Waals surface area (Å²) >= 11 is 0. The third kappa shape index (κ3) is 3.38. The van der Waals surface area contributed by atoms with Crippen LogP contribution in [0.3, 0.4) is 0 Å². The Morgan fingerprint density at radius 1 is 1.25 bits per heavy atom. The monoisotopic (exact) mass is 275 g/mol. The van der Waals surface area contributed by atoms with Gasteiger partial charge in [-0.2, -0.15) is 0 Å². The van der Waals surface area contributed by atoms with Gasteiger partial charge in [-0.1, -0.05) is 30.3 Å². The van der Waals surface area contributed by atoms with Crippen LogP contribution in [0.4, 0.5) is 0 Å². The number of carboxylic acids is 1. The molecule has 0 heterocycles. The van der Waals surface area contributed by atoms with E-state index in [4.69, 9.17) is 5.11 Å². The molecule has 1 fully saturated rings. The highest BCUT2D eigenvalue weighted by Gasteiger charge is 2.37. The largest absolute Gasteiger partial charge is 0.481 e. The molecule has 0 aliphatic heterocycles. The zero-order valence-electron chi connectivity index (χ0n) is 12.0. The van der Waals surface area contributed by atoms with Gasteiger partial charge in [0.1, 0.15) is 5.92 Å². The van der Waals surface area contributed by atoms with E-state index in [1.807, 2.05) is 37.3 Å². The summed E-state index contributed by atoms with van der Waals surface area (Å²) in [7, 11) is 0. The quantitative estimate of drug-likeness (QED) is 0.812. The lowest BCUT2D eigenvalue weighted by atomic mass is 10.1. The number of amides is 1. The number of aliphatic carboxylic acids is 1. The highest BCUT2D eigenvalue weighted by Crippen LogP contribution is 2.36. The molecule has 1 aromatic rings. The summed E-state index contributed by atoms with van der Waals surface area (Å²) in [4.78, 5) is 25.2. The number of hydrogen-bond acceptors (Lipinski definition) is 2. The van der Waals surface area contributed by atoms with E-state index in [-0.39, 0.29) is 11.9 Å². The summed E-state index contributed by atoms with van der Waals surface area (Å²) < 4.78 is 0. The molecular formula is C16H21NO3. The molecule has 0 radical (unpaired) electrons. The molecule has 1 amide bonds. The van der Waals surface area contributed by atoms with Gasteiger partial charge in [0.2, 0.25) is 5.91 Å². The minimum absolute atomic E-state index is 0.101. The van der Waals surface area contributed by atoms with Crippen LogP contribution in [0, 0.1) is 11.8 Å². The number of benzene rings is 1. The van der Waals surface area contributed by atoms with E-state index in [0.717, 1.165) is 18.4 Å². The Bertz CT molecular complexity index is 482. The van der Waals surface area contributed by atoms with Crippen molar-refractivity contribution in [2.75, 3.05) is 0 Å². The first-order valence-corrected chi connectivity index (χ1v) is 7.08. The van der Waals surface area contributed by atoms with Crippen molar-refractivity contribution in [2.45, 2.75) is 39.3 Å². The van der Waals surface area contributed by atoms with Crippen molar-refractivity contribution in [3.05, 3.63) is 35.9 Å². The second kappa shape index (κ2) is 6.07. The Hall–Kier alpha value is -1.84. The van der Waals surface area contributed by atoms with E-state index in [1.165, 1.54) is 6.92 Å². The fourth-order valence-electron chi connectivity index (χ4n) is 2.39. The Morgan fingerprint density at radius 2 is 1.85 bits per heavy atom. The molecule has 0 saturated heterocycles. The molecule has 2 unspecified atom stereocenters. The van der Waals surface area contributed by atoms with Crippen molar-refractivity contribution in [1.82, 2.24) is 4.90 Å². The lowest BCUT2D eigenvalue weighted by Crippen LogP contribution is -2.44. The first-order valence-electron chi connectivity index (χ1n) is 7.08. The number of hydrogen-bond donors (Lipinski definition) is 1. The number of carbonyl (C=O) groups excluding carboxylic acids is 1. The van der Waals surface area contributed by atoms with Crippen LogP contribution < -0.4 is 0 Å². The summed E-state index contributed by atoms with van der Waals surface area (Å²) in [5.41, 5.74) is 1.03. The van der Waals surface area contributed by atoms with E-state index in [0.29, 0.717) is 12.5 Å². The second-order valence-corrected chi connectivity index (χ2v) is 5.59. The van der Waals surface area contributed by atoms with Gasteiger partial charge in [-0.05, 0) is 38.2 Å². The Labute approximate surface area is 119 Å². The second-order valence-electron chi connectivity index (χ2n) is 5.59. The van der Waals surface area contributed by atoms with E-state index in [9.17, 15) is 9.59 Å². The molecular weight excluding hydrogens is 254 g/mol. The molecule has 0 bridgehead atoms. The van der Waals surface area contributed by atoms with Crippen LogP contribution in [0.1, 0.15) is 32.3 Å². The Kier molecular flexibility index (Phi) is 4.42. The Morgan fingerprint density at radius 3 is 2.35 bits per heavy atom. The van der Waals surface area contributed by atoms with Crippen LogP contribution in [-0.2, 0) is 16.1 Å². The highest BCUT2D eigenvalue weighted by atomic mass is 16.4. The van der Waals surface area contributed by atoms with E-state index >= 15 is 0 Å². The topological polar surface area (TPSA) is 57.6 Å². The van der Waals surface area contributed by atoms with Gasteiger partial charge in [-0.3, -0.25) is 9.59 Å². The van der Waals surface area contributed by atoms with Crippen LogP contribution in [0.15, 0.2) is 30.3 Å². The molecule has 20 heavy (non-hydrogen) atoms. The van der Waals surface area contributed by atoms with Crippen LogP contribution in [0.2, 0.25) is 0 Å². The maximum atomic E-state index is 12.4. The molecule has 1 aromatic carbocycles. The van der Waals surface area contributed by atoms with Crippen molar-refractivity contribution < 1.29 is 14.7 Å². The molecule has 0 spiro atoms. The summed E-state index contributed by atoms with van der Waals surface area (Å²) in [6.45, 7) is 3.96. The minimum Gasteiger partial charge on any atom is -0.481 e. The van der Waals surface area contributed by atoms with Gasteiger partial charge in [-0.15, -0.1) is 0 Å². The summed E-state index contributed by atoms with van der Waals surface area (Å²) in [5.74, 6) is -1.82. The fourth-order valence-corrected chi connectivity index (χ4v) is 2.39. The lowest BCUT2D eigenvalue weighted by molar-refractivity contribution is -0.151. The highest BCUT2D eigenvalue weighted by molar-refractivity contribution is 5.96. The van der Waals surface area contributed by atoms with E-state index in [2.05, 4.69) is 0 Å². The van der Waals surface area contributed by atoms with Gasteiger partial charge < -0.3 is 10.0 Å². The van der Waals surface area contributed by atoms with E-state index in [1.54, 1.807) is 4.90 Å². The lowest BCUT2D eigenvalue weighted by Gasteiger charge is -2.31. The smallest absolute Gasteiger partial charge is 0.315 e. The predicted octanol–water partition coefficient (Wildman–Crippen LogP) is 2.53. The average Bonchev–Trinajstić information content (AvgIpc) is 3.28. The zero-order chi connectivity index (χ0) is 14.7. The number of carboxylic acid groups (broad SMARTS) is 1. The molecule has 2 atom stereocenters. The van der Waals surface area contributed by atoms with Crippen LogP contribution >= 0.6 is 0 Å². The minimum atomic E-state index is -1.06. The van der Waals surface area contributed by atoms with Crippen molar-refractivity contribution in [3.8, 4) is 0 Å². The third-order valence-electron chi connectivity index (χ3n) is 4.02. The standard InChI is InChI=1S/C16H21NO3/c1-11(16(19)20)15(18)17(12(2)14-8-9-14)10-13-6-4-3-5-7-13/h3-7,11-12,14H,8-10H2,1-2H3,(H,19,20). The molecule has 108 valence electrons.